The van der Waals surface area contributed by atoms with Crippen molar-refractivity contribution in [2.75, 3.05) is 26.7 Å². The van der Waals surface area contributed by atoms with Crippen LogP contribution in [-0.4, -0.2) is 38.5 Å². The summed E-state index contributed by atoms with van der Waals surface area (Å²) in [6, 6.07) is 7.24. The zero-order valence-electron chi connectivity index (χ0n) is 11.2. The number of hydrogen-bond acceptors (Lipinski definition) is 2. The molecule has 0 aliphatic heterocycles. The summed E-state index contributed by atoms with van der Waals surface area (Å²) in [5.41, 5.74) is 0.620. The van der Waals surface area contributed by atoms with Crippen LogP contribution < -0.4 is 16.0 Å². The van der Waals surface area contributed by atoms with Gasteiger partial charge < -0.3 is 16.0 Å². The quantitative estimate of drug-likeness (QED) is 0.325. The van der Waals surface area contributed by atoms with Gasteiger partial charge in [-0.2, -0.15) is 0 Å². The topological polar surface area (TPSA) is 65.5 Å². The molecule has 6 heteroatoms. The van der Waals surface area contributed by atoms with Crippen LogP contribution in [0.1, 0.15) is 10.4 Å². The molecule has 0 unspecified atom stereocenters. The van der Waals surface area contributed by atoms with Gasteiger partial charge in [0.25, 0.3) is 5.91 Å². The first kappa shape index (κ1) is 16.1. The summed E-state index contributed by atoms with van der Waals surface area (Å²) < 4.78 is 0.877. The molecule has 0 aliphatic carbocycles. The van der Waals surface area contributed by atoms with Gasteiger partial charge in [-0.3, -0.25) is 9.79 Å². The average Bonchev–Trinajstić information content (AvgIpc) is 2.46. The highest BCUT2D eigenvalue weighted by Gasteiger charge is 2.04. The number of benzene rings is 1. The van der Waals surface area contributed by atoms with Gasteiger partial charge in [0.2, 0.25) is 0 Å². The van der Waals surface area contributed by atoms with E-state index < -0.39 is 0 Å². The Morgan fingerprint density at radius 3 is 2.75 bits per heavy atom. The van der Waals surface area contributed by atoms with Crippen molar-refractivity contribution in [1.82, 2.24) is 16.0 Å². The van der Waals surface area contributed by atoms with E-state index in [1.807, 2.05) is 12.1 Å². The molecule has 1 aromatic carbocycles. The first-order chi connectivity index (χ1) is 9.67. The molecule has 0 saturated carbocycles. The maximum atomic E-state index is 11.9. The van der Waals surface area contributed by atoms with Gasteiger partial charge in [0.1, 0.15) is 0 Å². The maximum absolute atomic E-state index is 11.9. The van der Waals surface area contributed by atoms with Crippen molar-refractivity contribution in [2.45, 2.75) is 0 Å². The number of hydrogen-bond donors (Lipinski definition) is 3. The summed E-state index contributed by atoms with van der Waals surface area (Å²) in [6.45, 7) is 1.45. The molecule has 0 radical (unpaired) electrons. The zero-order valence-corrected chi connectivity index (χ0v) is 12.8. The molecule has 0 bridgehead atoms. The van der Waals surface area contributed by atoms with E-state index in [4.69, 9.17) is 6.42 Å². The minimum atomic E-state index is -0.111. The van der Waals surface area contributed by atoms with E-state index in [9.17, 15) is 4.79 Å². The Kier molecular flexibility index (Phi) is 7.22. The third-order valence-electron chi connectivity index (χ3n) is 2.37. The van der Waals surface area contributed by atoms with Crippen molar-refractivity contribution in [3.8, 4) is 12.3 Å². The van der Waals surface area contributed by atoms with Crippen LogP contribution in [0.5, 0.6) is 0 Å². The molecule has 0 fully saturated rings. The van der Waals surface area contributed by atoms with E-state index in [-0.39, 0.29) is 5.91 Å². The number of halogens is 1. The highest BCUT2D eigenvalue weighted by atomic mass is 79.9. The molecule has 0 aromatic heterocycles. The van der Waals surface area contributed by atoms with Gasteiger partial charge in [-0.25, -0.2) is 0 Å². The predicted octanol–water partition coefficient (Wildman–Crippen LogP) is 0.977. The monoisotopic (exact) mass is 336 g/mol. The van der Waals surface area contributed by atoms with Crippen LogP contribution in [0.15, 0.2) is 33.7 Å². The van der Waals surface area contributed by atoms with Crippen molar-refractivity contribution >= 4 is 27.8 Å². The molecule has 5 nitrogen and oxygen atoms in total. The summed E-state index contributed by atoms with van der Waals surface area (Å²) in [5, 5.41) is 8.79. The van der Waals surface area contributed by atoms with Crippen LogP contribution in [0, 0.1) is 12.3 Å². The first-order valence-corrected chi connectivity index (χ1v) is 6.88. The number of amides is 1. The summed E-state index contributed by atoms with van der Waals surface area (Å²) >= 11 is 3.33. The number of guanidine groups is 1. The molecule has 106 valence electrons. The summed E-state index contributed by atoms with van der Waals surface area (Å²) in [5.74, 6) is 2.96. The number of nitrogens with one attached hydrogen (secondary N) is 3. The molecule has 0 atom stereocenters. The third kappa shape index (κ3) is 5.76. The molecule has 3 N–H and O–H groups in total. The van der Waals surface area contributed by atoms with Gasteiger partial charge in [-0.1, -0.05) is 27.9 Å². The second kappa shape index (κ2) is 8.99. The van der Waals surface area contributed by atoms with E-state index in [0.29, 0.717) is 31.2 Å². The highest BCUT2D eigenvalue weighted by molar-refractivity contribution is 9.10. The molecule has 20 heavy (non-hydrogen) atoms. The van der Waals surface area contributed by atoms with Gasteiger partial charge in [-0.05, 0) is 18.2 Å². The Balaban J connectivity index is 2.31. The number of rotatable bonds is 5. The predicted molar refractivity (Wildman–Crippen MR) is 84.7 cm³/mol. The third-order valence-corrected chi connectivity index (χ3v) is 2.86. The Morgan fingerprint density at radius 2 is 2.10 bits per heavy atom. The SMILES string of the molecule is C#CCNC(=NC)NCCNC(=O)c1cccc(Br)c1. The lowest BCUT2D eigenvalue weighted by molar-refractivity contribution is 0.0954. The van der Waals surface area contributed by atoms with Crippen LogP contribution in [0.2, 0.25) is 0 Å². The number of terminal acetylenes is 1. The fourth-order valence-electron chi connectivity index (χ4n) is 1.44. The average molecular weight is 337 g/mol. The summed E-state index contributed by atoms with van der Waals surface area (Å²) in [7, 11) is 1.66. The minimum Gasteiger partial charge on any atom is -0.355 e. The number of carbonyl (C=O) groups excluding carboxylic acids is 1. The fraction of sp³-hybridized carbons (Fsp3) is 0.286. The molecular weight excluding hydrogens is 320 g/mol. The standard InChI is InChI=1S/C14H17BrN4O/c1-3-7-18-14(16-2)19-9-8-17-13(20)11-5-4-6-12(15)10-11/h1,4-6,10H,7-9H2,2H3,(H,17,20)(H2,16,18,19). The molecule has 1 amide bonds. The van der Waals surface area contributed by atoms with Crippen LogP contribution >= 0.6 is 15.9 Å². The lowest BCUT2D eigenvalue weighted by Crippen LogP contribution is -2.41. The Hall–Kier alpha value is -2.00. The fourth-order valence-corrected chi connectivity index (χ4v) is 1.84. The molecular formula is C14H17BrN4O. The molecule has 0 heterocycles. The van der Waals surface area contributed by atoms with Gasteiger partial charge in [0.05, 0.1) is 6.54 Å². The second-order valence-electron chi connectivity index (χ2n) is 3.82. The summed E-state index contributed by atoms with van der Waals surface area (Å²) in [4.78, 5) is 15.8. The van der Waals surface area contributed by atoms with E-state index in [2.05, 4.69) is 42.8 Å². The lowest BCUT2D eigenvalue weighted by atomic mass is 10.2. The number of carbonyl (C=O) groups is 1. The normalized spacial score (nSPS) is 10.6. The van der Waals surface area contributed by atoms with Crippen molar-refractivity contribution < 1.29 is 4.79 Å². The van der Waals surface area contributed by atoms with Crippen molar-refractivity contribution in [1.29, 1.82) is 0 Å². The first-order valence-electron chi connectivity index (χ1n) is 6.09. The van der Waals surface area contributed by atoms with Gasteiger partial charge >= 0.3 is 0 Å². The van der Waals surface area contributed by atoms with Gasteiger partial charge in [0, 0.05) is 30.2 Å². The Bertz CT molecular complexity index is 522. The maximum Gasteiger partial charge on any atom is 0.251 e. The van der Waals surface area contributed by atoms with Crippen LogP contribution in [0.3, 0.4) is 0 Å². The summed E-state index contributed by atoms with van der Waals surface area (Å²) in [6.07, 6.45) is 5.15. The lowest BCUT2D eigenvalue weighted by Gasteiger charge is -2.10. The largest absolute Gasteiger partial charge is 0.355 e. The van der Waals surface area contributed by atoms with Gasteiger partial charge in [0.15, 0.2) is 5.96 Å². The smallest absolute Gasteiger partial charge is 0.251 e. The molecule has 0 aliphatic rings. The number of nitrogens with zero attached hydrogens (tertiary/aromatic N) is 1. The minimum absolute atomic E-state index is 0.111. The number of aliphatic imine (C=N–C) groups is 1. The van der Waals surface area contributed by atoms with E-state index in [1.54, 1.807) is 19.2 Å². The molecule has 1 aromatic rings. The van der Waals surface area contributed by atoms with Crippen LogP contribution in [0.4, 0.5) is 0 Å². The van der Waals surface area contributed by atoms with Crippen LogP contribution in [-0.2, 0) is 0 Å². The highest BCUT2D eigenvalue weighted by Crippen LogP contribution is 2.11. The zero-order chi connectivity index (χ0) is 14.8. The second-order valence-corrected chi connectivity index (χ2v) is 4.74. The van der Waals surface area contributed by atoms with E-state index in [1.165, 1.54) is 0 Å². The molecule has 0 saturated heterocycles. The Labute approximate surface area is 127 Å². The molecule has 1 rings (SSSR count). The van der Waals surface area contributed by atoms with E-state index in [0.717, 1.165) is 4.47 Å². The van der Waals surface area contributed by atoms with Crippen molar-refractivity contribution in [3.05, 3.63) is 34.3 Å². The molecule has 0 spiro atoms. The van der Waals surface area contributed by atoms with Crippen LogP contribution in [0.25, 0.3) is 0 Å². The van der Waals surface area contributed by atoms with Crippen molar-refractivity contribution in [2.24, 2.45) is 4.99 Å². The Morgan fingerprint density at radius 1 is 1.35 bits per heavy atom. The van der Waals surface area contributed by atoms with Crippen molar-refractivity contribution in [3.63, 3.8) is 0 Å². The van der Waals surface area contributed by atoms with Gasteiger partial charge in [-0.15, -0.1) is 6.42 Å². The van der Waals surface area contributed by atoms with E-state index >= 15 is 0 Å².